The molecule has 3 N–H and O–H groups in total. The van der Waals surface area contributed by atoms with Crippen molar-refractivity contribution in [2.24, 2.45) is 22.9 Å². The Labute approximate surface area is 335 Å². The molecule has 0 spiro atoms. The minimum atomic E-state index is -1.48. The molecule has 0 bridgehead atoms. The highest BCUT2D eigenvalue weighted by molar-refractivity contribution is 6.03. The van der Waals surface area contributed by atoms with Crippen molar-refractivity contribution in [2.45, 2.75) is 69.6 Å². The van der Waals surface area contributed by atoms with Gasteiger partial charge in [-0.05, 0) is 86.4 Å². The molecule has 0 radical (unpaired) electrons. The van der Waals surface area contributed by atoms with Gasteiger partial charge in [-0.1, -0.05) is 30.1 Å². The Morgan fingerprint density at radius 3 is 2.46 bits per heavy atom. The second-order valence-electron chi connectivity index (χ2n) is 14.3. The average molecular weight is 795 g/mol. The van der Waals surface area contributed by atoms with Gasteiger partial charge in [0, 0.05) is 37.7 Å². The Morgan fingerprint density at radius 2 is 1.77 bits per heavy atom. The highest BCUT2D eigenvalue weighted by Crippen LogP contribution is 2.62. The minimum Gasteiger partial charge on any atom is -0.496 e. The predicted molar refractivity (Wildman–Crippen MR) is 212 cm³/mol. The van der Waals surface area contributed by atoms with Gasteiger partial charge in [0.1, 0.15) is 35.6 Å². The number of amides is 1. The van der Waals surface area contributed by atoms with Gasteiger partial charge < -0.3 is 48.6 Å². The van der Waals surface area contributed by atoms with Crippen molar-refractivity contribution in [3.05, 3.63) is 71.8 Å². The van der Waals surface area contributed by atoms with Crippen LogP contribution in [0.2, 0.25) is 0 Å². The van der Waals surface area contributed by atoms with E-state index in [2.05, 4.69) is 17.8 Å². The maximum atomic E-state index is 13.8. The fraction of sp³-hybridized carbons (Fsp3) is 0.558. The van der Waals surface area contributed by atoms with Crippen LogP contribution in [0.25, 0.3) is 0 Å². The molecule has 1 saturated carbocycles. The topological polar surface area (TPSA) is 175 Å². The molecule has 1 fully saturated rings. The first-order valence-electron chi connectivity index (χ1n) is 19.9. The third-order valence-corrected chi connectivity index (χ3v) is 11.0. The highest BCUT2D eigenvalue weighted by atomic mass is 16.7. The summed E-state index contributed by atoms with van der Waals surface area (Å²) in [5.74, 6) is -0.278. The smallest absolute Gasteiger partial charge is 0.410 e. The summed E-state index contributed by atoms with van der Waals surface area (Å²) >= 11 is 0. The number of hydrogen-bond donors (Lipinski definition) is 3. The normalized spacial score (nSPS) is 24.0. The summed E-state index contributed by atoms with van der Waals surface area (Å²) in [5, 5.41) is 33.8. The summed E-state index contributed by atoms with van der Waals surface area (Å²) in [5.41, 5.74) is 2.77. The number of methoxy groups -OCH3 is 2. The molecular formula is C43H58N2O12. The van der Waals surface area contributed by atoms with Gasteiger partial charge >= 0.3 is 6.09 Å². The Morgan fingerprint density at radius 1 is 1.02 bits per heavy atom. The second kappa shape index (κ2) is 21.3. The van der Waals surface area contributed by atoms with E-state index in [1.165, 1.54) is 14.2 Å². The molecule has 1 heterocycles. The molecular weight excluding hydrogens is 736 g/mol. The lowest BCUT2D eigenvalue weighted by atomic mass is 9.55. The summed E-state index contributed by atoms with van der Waals surface area (Å²) in [7, 11) is 2.82. The molecule has 6 unspecified atom stereocenters. The van der Waals surface area contributed by atoms with E-state index in [4.69, 9.17) is 33.3 Å². The number of aliphatic hydroxyl groups excluding tert-OH is 3. The molecule has 2 aliphatic carbocycles. The van der Waals surface area contributed by atoms with Gasteiger partial charge in [0.05, 0.1) is 57.8 Å². The zero-order valence-electron chi connectivity index (χ0n) is 33.3. The van der Waals surface area contributed by atoms with E-state index in [0.29, 0.717) is 53.7 Å². The maximum absolute atomic E-state index is 13.8. The van der Waals surface area contributed by atoms with Gasteiger partial charge in [0.2, 0.25) is 5.79 Å². The molecule has 1 aliphatic heterocycles. The van der Waals surface area contributed by atoms with Crippen molar-refractivity contribution in [2.75, 3.05) is 67.0 Å². The summed E-state index contributed by atoms with van der Waals surface area (Å²) in [6, 6.07) is 9.87. The van der Waals surface area contributed by atoms with Crippen molar-refractivity contribution in [1.82, 2.24) is 4.90 Å². The van der Waals surface area contributed by atoms with Crippen molar-refractivity contribution in [3.63, 3.8) is 0 Å². The minimum absolute atomic E-state index is 0.00260. The Kier molecular flexibility index (Phi) is 16.3. The number of carbonyl (C=O) groups is 2. The van der Waals surface area contributed by atoms with Crippen molar-refractivity contribution in [1.29, 1.82) is 0 Å². The van der Waals surface area contributed by atoms with Crippen molar-refractivity contribution in [3.8, 4) is 23.0 Å². The monoisotopic (exact) mass is 794 g/mol. The number of oxime groups is 1. The number of allylic oxidation sites excluding steroid dienone is 1. The molecule has 1 amide bonds. The summed E-state index contributed by atoms with van der Waals surface area (Å²) in [6.07, 6.45) is 8.62. The number of nitrogens with zero attached hydrogens (tertiary/aromatic N) is 2. The third kappa shape index (κ3) is 9.81. The molecule has 57 heavy (non-hydrogen) atoms. The first-order chi connectivity index (χ1) is 27.8. The Balaban J connectivity index is 1.75. The van der Waals surface area contributed by atoms with E-state index >= 15 is 0 Å². The fourth-order valence-electron chi connectivity index (χ4n) is 8.68. The summed E-state index contributed by atoms with van der Waals surface area (Å²) < 4.78 is 36.8. The standard InChI is InChI=1S/C43H58N2O12/c1-5-21-54-43-39(45(42(50)52-4)17-22-53-23-20-48)27-36(44-55-6-2)34-25-29(11-7-9-18-46)33(12-8-10-19-47)40(41(34)43)35-26-32(14-16-38(35)57-43)56-31-13-15-37(51-3)30(24-31)28-49/h5,13-16,24-26,28-29,33,39-41,46-48H,1,6-12,17-23,27H2,2-4H3. The summed E-state index contributed by atoms with van der Waals surface area (Å²) in [4.78, 5) is 33.0. The van der Waals surface area contributed by atoms with Crippen LogP contribution in [0.1, 0.15) is 73.7 Å². The molecule has 6 atom stereocenters. The number of hydrogen-bond acceptors (Lipinski definition) is 13. The SMILES string of the molecule is C=CCOC12Oc3ccc(Oc4ccc(OC)c(C=O)c4)cc3C3C(CCCCO)C(CCCCO)C=C(C(=NOCC)CC1N(CCOCCO)C(=O)OC)C32. The van der Waals surface area contributed by atoms with Crippen LogP contribution in [0.5, 0.6) is 23.0 Å². The van der Waals surface area contributed by atoms with Gasteiger partial charge in [-0.3, -0.25) is 9.69 Å². The largest absolute Gasteiger partial charge is 0.496 e. The molecule has 2 aromatic rings. The van der Waals surface area contributed by atoms with Gasteiger partial charge in [-0.2, -0.15) is 0 Å². The second-order valence-corrected chi connectivity index (χ2v) is 14.3. The van der Waals surface area contributed by atoms with Crippen LogP contribution in [0.3, 0.4) is 0 Å². The van der Waals surface area contributed by atoms with Crippen LogP contribution in [0.15, 0.2) is 65.9 Å². The fourth-order valence-corrected chi connectivity index (χ4v) is 8.68. The molecule has 2 aromatic carbocycles. The molecule has 14 nitrogen and oxygen atoms in total. The number of rotatable bonds is 23. The van der Waals surface area contributed by atoms with E-state index in [0.717, 1.165) is 43.1 Å². The predicted octanol–water partition coefficient (Wildman–Crippen LogP) is 6.03. The van der Waals surface area contributed by atoms with Crippen LogP contribution in [-0.4, -0.2) is 117 Å². The van der Waals surface area contributed by atoms with Crippen LogP contribution < -0.4 is 14.2 Å². The number of carbonyl (C=O) groups excluding carboxylic acids is 2. The first-order valence-corrected chi connectivity index (χ1v) is 19.9. The van der Waals surface area contributed by atoms with Gasteiger partial charge in [0.15, 0.2) is 6.29 Å². The van der Waals surface area contributed by atoms with Crippen LogP contribution in [0.4, 0.5) is 4.79 Å². The number of aldehydes is 1. The number of benzene rings is 2. The third-order valence-electron chi connectivity index (χ3n) is 11.0. The zero-order valence-corrected chi connectivity index (χ0v) is 33.3. The van der Waals surface area contributed by atoms with E-state index in [1.54, 1.807) is 35.2 Å². The zero-order chi connectivity index (χ0) is 40.8. The van der Waals surface area contributed by atoms with Gasteiger partial charge in [-0.15, -0.1) is 6.58 Å². The Hall–Kier alpha value is -4.47. The summed E-state index contributed by atoms with van der Waals surface area (Å²) in [6.45, 7) is 6.53. The van der Waals surface area contributed by atoms with E-state index in [-0.39, 0.29) is 70.4 Å². The quantitative estimate of drug-likeness (QED) is 0.0517. The Bertz CT molecular complexity index is 1710. The first kappa shape index (κ1) is 43.6. The van der Waals surface area contributed by atoms with Crippen LogP contribution in [0, 0.1) is 17.8 Å². The van der Waals surface area contributed by atoms with Crippen molar-refractivity contribution < 1.29 is 58.2 Å². The lowest BCUT2D eigenvalue weighted by molar-refractivity contribution is -0.255. The van der Waals surface area contributed by atoms with Crippen molar-refractivity contribution >= 4 is 18.1 Å². The highest BCUT2D eigenvalue weighted by Gasteiger charge is 2.65. The number of fused-ring (bicyclic) bond motifs is 2. The van der Waals surface area contributed by atoms with Crippen LogP contribution in [-0.2, 0) is 19.0 Å². The van der Waals surface area contributed by atoms with Gasteiger partial charge in [0.25, 0.3) is 0 Å². The molecule has 3 aliphatic rings. The lowest BCUT2D eigenvalue weighted by Crippen LogP contribution is -2.70. The number of unbranched alkanes of at least 4 members (excludes halogenated alkanes) is 2. The molecule has 5 rings (SSSR count). The van der Waals surface area contributed by atoms with E-state index in [1.807, 2.05) is 19.1 Å². The number of ether oxygens (including phenoxy) is 6. The maximum Gasteiger partial charge on any atom is 0.410 e. The van der Waals surface area contributed by atoms with Gasteiger partial charge in [-0.25, -0.2) is 4.79 Å². The van der Waals surface area contributed by atoms with E-state index < -0.39 is 23.8 Å². The number of aliphatic hydroxyl groups is 3. The van der Waals surface area contributed by atoms with Crippen LogP contribution >= 0.6 is 0 Å². The molecule has 0 aromatic heterocycles. The molecule has 0 saturated heterocycles. The molecule has 14 heteroatoms. The lowest BCUT2D eigenvalue weighted by Gasteiger charge is -2.59. The molecule has 312 valence electrons. The van der Waals surface area contributed by atoms with E-state index in [9.17, 15) is 24.9 Å². The average Bonchev–Trinajstić information content (AvgIpc) is 3.23.